The molecule has 352 valence electrons. The summed E-state index contributed by atoms with van der Waals surface area (Å²) in [5.41, 5.74) is -6.61. The molecule has 10 rings (SSSR count). The number of hydrogen-bond donors (Lipinski definition) is 0. The lowest BCUT2D eigenvalue weighted by atomic mass is 9.71. The Labute approximate surface area is 397 Å². The van der Waals surface area contributed by atoms with Gasteiger partial charge in [-0.15, -0.1) is 0 Å². The van der Waals surface area contributed by atoms with Gasteiger partial charge in [0.1, 0.15) is 0 Å². The Kier molecular flexibility index (Phi) is 10.7. The van der Waals surface area contributed by atoms with Gasteiger partial charge in [0.25, 0.3) is 47.3 Å². The minimum Gasteiger partial charge on any atom is -0.269 e. The van der Waals surface area contributed by atoms with Gasteiger partial charge in [0, 0.05) is 24.3 Å². The van der Waals surface area contributed by atoms with Gasteiger partial charge in [-0.05, 0) is 119 Å². The van der Waals surface area contributed by atoms with E-state index in [0.717, 1.165) is 45.2 Å². The van der Waals surface area contributed by atoms with Crippen LogP contribution in [-0.4, -0.2) is 59.6 Å². The second-order valence-electron chi connectivity index (χ2n) is 16.9. The molecule has 0 bridgehead atoms. The molecular weight excluding hydrogens is 935 g/mol. The molecule has 4 heterocycles. The van der Waals surface area contributed by atoms with Crippen LogP contribution < -0.4 is 19.6 Å². The quantitative estimate of drug-likeness (QED) is 0.0978. The molecule has 0 N–H and O–H groups in total. The first-order valence-corrected chi connectivity index (χ1v) is 21.4. The van der Waals surface area contributed by atoms with Crippen molar-refractivity contribution in [1.82, 2.24) is 0 Å². The van der Waals surface area contributed by atoms with Gasteiger partial charge < -0.3 is 0 Å². The Hall–Kier alpha value is -9.06. The van der Waals surface area contributed by atoms with Crippen molar-refractivity contribution in [2.24, 2.45) is 0 Å². The molecule has 0 saturated heterocycles. The predicted molar refractivity (Wildman–Crippen MR) is 243 cm³/mol. The molecule has 0 saturated carbocycles. The zero-order valence-corrected chi connectivity index (χ0v) is 36.2. The van der Waals surface area contributed by atoms with Crippen LogP contribution in [0.3, 0.4) is 0 Å². The first-order valence-electron chi connectivity index (χ1n) is 21.4. The molecule has 0 aromatic heterocycles. The highest BCUT2D eigenvalue weighted by Crippen LogP contribution is 2.57. The van der Waals surface area contributed by atoms with Gasteiger partial charge >= 0.3 is 12.4 Å². The van der Waals surface area contributed by atoms with E-state index < -0.39 is 98.4 Å². The summed E-state index contributed by atoms with van der Waals surface area (Å²) in [5, 5.41) is 0. The van der Waals surface area contributed by atoms with Crippen molar-refractivity contribution in [1.29, 1.82) is 0 Å². The predicted octanol–water partition coefficient (Wildman–Crippen LogP) is 8.74. The lowest BCUT2D eigenvalue weighted by molar-refractivity contribution is -0.288. The molecule has 4 aliphatic heterocycles. The lowest BCUT2D eigenvalue weighted by Crippen LogP contribution is -2.55. The van der Waals surface area contributed by atoms with Gasteiger partial charge in [-0.3, -0.25) is 38.4 Å². The third-order valence-corrected chi connectivity index (χ3v) is 12.7. The van der Waals surface area contributed by atoms with Gasteiger partial charge in [0.05, 0.1) is 45.0 Å². The number of imide groups is 4. The van der Waals surface area contributed by atoms with E-state index in [2.05, 4.69) is 0 Å². The first kappa shape index (κ1) is 45.7. The van der Waals surface area contributed by atoms with Crippen LogP contribution in [0.15, 0.2) is 158 Å². The van der Waals surface area contributed by atoms with Gasteiger partial charge in [-0.1, -0.05) is 60.7 Å². The van der Waals surface area contributed by atoms with Crippen LogP contribution in [0.5, 0.6) is 0 Å². The van der Waals surface area contributed by atoms with Crippen molar-refractivity contribution < 1.29 is 64.7 Å². The Bertz CT molecular complexity index is 3140. The number of anilines is 4. The summed E-state index contributed by atoms with van der Waals surface area (Å²) in [4.78, 5) is 106. The van der Waals surface area contributed by atoms with Crippen molar-refractivity contribution in [2.45, 2.75) is 30.6 Å². The summed E-state index contributed by atoms with van der Waals surface area (Å²) in [5.74, 6) is -6.30. The molecule has 12 nitrogen and oxygen atoms in total. The highest BCUT2D eigenvalue weighted by molar-refractivity contribution is 6.35. The monoisotopic (exact) mass is 964 g/mol. The Morgan fingerprint density at radius 1 is 0.310 bits per heavy atom. The summed E-state index contributed by atoms with van der Waals surface area (Å²) < 4.78 is 93.0. The minimum atomic E-state index is -6.17. The maximum absolute atomic E-state index is 15.5. The van der Waals surface area contributed by atoms with Crippen LogP contribution in [0, 0.1) is 0 Å². The van der Waals surface area contributed by atoms with Crippen molar-refractivity contribution >= 4 is 70.0 Å². The fourth-order valence-electron chi connectivity index (χ4n) is 9.23. The number of rotatable bonds is 10. The number of hydrogen-bond acceptors (Lipinski definition) is 8. The van der Waals surface area contributed by atoms with Gasteiger partial charge in [0.2, 0.25) is 5.41 Å². The number of alkyl halides is 6. The Morgan fingerprint density at radius 2 is 0.563 bits per heavy atom. The molecule has 4 aliphatic rings. The van der Waals surface area contributed by atoms with E-state index in [1.807, 2.05) is 0 Å². The van der Waals surface area contributed by atoms with E-state index >= 15 is 26.3 Å². The minimum absolute atomic E-state index is 0.0191. The molecule has 0 atom stereocenters. The van der Waals surface area contributed by atoms with Gasteiger partial charge in [-0.25, -0.2) is 19.6 Å². The van der Waals surface area contributed by atoms with Crippen LogP contribution in [0.25, 0.3) is 0 Å². The molecule has 0 radical (unpaired) electrons. The van der Waals surface area contributed by atoms with E-state index in [1.54, 1.807) is 72.8 Å². The summed E-state index contributed by atoms with van der Waals surface area (Å²) in [6, 6.07) is 28.0. The molecule has 6 aromatic carbocycles. The fraction of sp³-hybridized carbons (Fsp3) is 0.0943. The van der Waals surface area contributed by atoms with Crippen LogP contribution in [-0.2, 0) is 37.4 Å². The van der Waals surface area contributed by atoms with Crippen molar-refractivity contribution in [2.75, 3.05) is 19.6 Å². The van der Waals surface area contributed by atoms with Crippen LogP contribution in [0.1, 0.15) is 74.8 Å². The number of carbonyl (C=O) groups excluding carboxylic acids is 8. The fourth-order valence-corrected chi connectivity index (χ4v) is 9.23. The van der Waals surface area contributed by atoms with Gasteiger partial charge in [0.15, 0.2) is 0 Å². The summed E-state index contributed by atoms with van der Waals surface area (Å²) in [6.45, 7) is 0. The highest BCUT2D eigenvalue weighted by atomic mass is 19.4. The number of nitrogens with zero attached hydrogens (tertiary/aromatic N) is 4. The summed E-state index contributed by atoms with van der Waals surface area (Å²) in [7, 11) is 0. The highest BCUT2D eigenvalue weighted by Gasteiger charge is 2.73. The molecule has 0 unspecified atom stereocenters. The van der Waals surface area contributed by atoms with Crippen molar-refractivity contribution in [3.05, 3.63) is 213 Å². The number of fused-ring (bicyclic) bond motifs is 2. The third-order valence-electron chi connectivity index (χ3n) is 12.7. The Balaban J connectivity index is 0.892. The number of amides is 8. The second-order valence-corrected chi connectivity index (χ2v) is 16.9. The third kappa shape index (κ3) is 7.42. The standard InChI is InChI=1S/C53H30F6N4O8/c54-52(55,56)51(53(57,58)59,33-9-19-39-41(27-33)49(70)62(47(39)68)37-15-5-31(6-16-37)25-29-1-11-35(12-2-29)60-43(64)21-22-44(60)65)34-10-20-40-42(28-34)50(71)63(48(40)69)38-17-7-32(8-18-38)26-30-3-13-36(14-4-30)61-45(66)23-24-46(61)67/h1-24,27-28H,25-26H2. The van der Waals surface area contributed by atoms with Crippen molar-refractivity contribution in [3.8, 4) is 0 Å². The normalized spacial score (nSPS) is 15.9. The smallest absolute Gasteiger partial charge is 0.269 e. The van der Waals surface area contributed by atoms with Crippen LogP contribution in [0.4, 0.5) is 49.1 Å². The summed E-state index contributed by atoms with van der Waals surface area (Å²) >= 11 is 0. The summed E-state index contributed by atoms with van der Waals surface area (Å²) in [6.07, 6.45) is -7.08. The largest absolute Gasteiger partial charge is 0.411 e. The average molecular weight is 965 g/mol. The molecule has 18 heteroatoms. The maximum Gasteiger partial charge on any atom is 0.411 e. The van der Waals surface area contributed by atoms with E-state index in [0.29, 0.717) is 81.5 Å². The number of benzene rings is 6. The van der Waals surface area contributed by atoms with E-state index in [1.165, 1.54) is 24.3 Å². The molecule has 71 heavy (non-hydrogen) atoms. The maximum atomic E-state index is 15.5. The van der Waals surface area contributed by atoms with Crippen LogP contribution >= 0.6 is 0 Å². The second kappa shape index (κ2) is 16.6. The molecule has 0 spiro atoms. The van der Waals surface area contributed by atoms with E-state index in [9.17, 15) is 38.4 Å². The molecule has 0 fully saturated rings. The SMILES string of the molecule is O=C1C=CC(=O)N1c1ccc(Cc2ccc(N3C(=O)c4ccc(C(c5ccc6c(c5)C(=O)N(c5ccc(Cc7ccc(N8C(=O)C=CC8=O)cc7)cc5)C6=O)(C(F)(F)F)C(F)(F)F)cc4C3=O)cc2)cc1. The Morgan fingerprint density at radius 3 is 0.831 bits per heavy atom. The molecule has 0 aliphatic carbocycles. The lowest BCUT2D eigenvalue weighted by Gasteiger charge is -2.38. The first-order chi connectivity index (χ1) is 33.8. The molecule has 6 aromatic rings. The molecule has 8 amide bonds. The zero-order valence-electron chi connectivity index (χ0n) is 36.2. The van der Waals surface area contributed by atoms with E-state index in [4.69, 9.17) is 0 Å². The van der Waals surface area contributed by atoms with Crippen molar-refractivity contribution in [3.63, 3.8) is 0 Å². The number of carbonyl (C=O) groups is 8. The molecular formula is C53H30F6N4O8. The van der Waals surface area contributed by atoms with Gasteiger partial charge in [-0.2, -0.15) is 26.3 Å². The van der Waals surface area contributed by atoms with E-state index in [-0.39, 0.29) is 11.4 Å². The topological polar surface area (TPSA) is 150 Å². The number of halogens is 6. The average Bonchev–Trinajstić information content (AvgIpc) is 4.01. The van der Waals surface area contributed by atoms with Crippen LogP contribution in [0.2, 0.25) is 0 Å². The zero-order chi connectivity index (χ0) is 50.3.